The van der Waals surface area contributed by atoms with Crippen molar-refractivity contribution in [2.24, 2.45) is 0 Å². The molecule has 1 atom stereocenters. The first kappa shape index (κ1) is 9.49. The van der Waals surface area contributed by atoms with E-state index in [9.17, 15) is 0 Å². The van der Waals surface area contributed by atoms with Crippen LogP contribution in [0.25, 0.3) is 0 Å². The third-order valence-corrected chi connectivity index (χ3v) is 2.03. The summed E-state index contributed by atoms with van der Waals surface area (Å²) in [5.74, 6) is 10.9. The van der Waals surface area contributed by atoms with Crippen LogP contribution in [0.1, 0.15) is 13.3 Å². The highest BCUT2D eigenvalue weighted by molar-refractivity contribution is 5.35. The predicted octanol–water partition coefficient (Wildman–Crippen LogP) is 2.11. The first-order valence-corrected chi connectivity index (χ1v) is 4.68. The van der Waals surface area contributed by atoms with Crippen molar-refractivity contribution in [3.63, 3.8) is 0 Å². The van der Waals surface area contributed by atoms with Gasteiger partial charge < -0.3 is 9.47 Å². The van der Waals surface area contributed by atoms with Gasteiger partial charge in [-0.2, -0.15) is 0 Å². The maximum absolute atomic E-state index is 5.60. The first-order chi connectivity index (χ1) is 7.35. The summed E-state index contributed by atoms with van der Waals surface area (Å²) in [6.07, 6.45) is 9.77. The number of hydrogen-bond acceptors (Lipinski definition) is 2. The summed E-state index contributed by atoms with van der Waals surface area (Å²) in [5.41, 5.74) is 0. The zero-order chi connectivity index (χ0) is 10.6. The Morgan fingerprint density at radius 3 is 3.13 bits per heavy atom. The van der Waals surface area contributed by atoms with Gasteiger partial charge in [0, 0.05) is 12.2 Å². The fourth-order valence-electron chi connectivity index (χ4n) is 1.36. The second kappa shape index (κ2) is 3.98. The van der Waals surface area contributed by atoms with E-state index in [1.165, 1.54) is 0 Å². The fourth-order valence-corrected chi connectivity index (χ4v) is 1.36. The van der Waals surface area contributed by atoms with Crippen molar-refractivity contribution in [1.29, 1.82) is 0 Å². The standard InChI is InChI=1S/C13H10O2/c1-2-3-4-5-7-12-8-10-13(15-12)9-6-11-14-13/h6-8,10-11H,9H2,1H3/b12-7-/t13-/m1/s1. The van der Waals surface area contributed by atoms with Gasteiger partial charge in [-0.3, -0.25) is 0 Å². The van der Waals surface area contributed by atoms with Gasteiger partial charge in [0.25, 0.3) is 5.79 Å². The highest BCUT2D eigenvalue weighted by atomic mass is 16.7. The van der Waals surface area contributed by atoms with E-state index in [0.717, 1.165) is 6.42 Å². The summed E-state index contributed by atoms with van der Waals surface area (Å²) in [6, 6.07) is 0. The van der Waals surface area contributed by atoms with E-state index in [2.05, 4.69) is 23.7 Å². The molecule has 0 N–H and O–H groups in total. The number of ether oxygens (including phenoxy) is 2. The van der Waals surface area contributed by atoms with Gasteiger partial charge in [-0.05, 0) is 30.9 Å². The van der Waals surface area contributed by atoms with E-state index in [0.29, 0.717) is 5.76 Å². The maximum Gasteiger partial charge on any atom is 0.274 e. The number of allylic oxidation sites excluding steroid dienone is 2. The van der Waals surface area contributed by atoms with E-state index in [1.807, 2.05) is 18.2 Å². The highest BCUT2D eigenvalue weighted by Gasteiger charge is 2.36. The van der Waals surface area contributed by atoms with Gasteiger partial charge in [-0.1, -0.05) is 11.8 Å². The predicted molar refractivity (Wildman–Crippen MR) is 57.1 cm³/mol. The molecule has 2 heteroatoms. The summed E-state index contributed by atoms with van der Waals surface area (Å²) in [6.45, 7) is 1.75. The third kappa shape index (κ3) is 2.06. The highest BCUT2D eigenvalue weighted by Crippen LogP contribution is 2.34. The van der Waals surface area contributed by atoms with Crippen molar-refractivity contribution in [1.82, 2.24) is 0 Å². The molecule has 0 saturated carbocycles. The van der Waals surface area contributed by atoms with Gasteiger partial charge in [0.1, 0.15) is 5.76 Å². The van der Waals surface area contributed by atoms with Crippen LogP contribution in [-0.2, 0) is 9.47 Å². The summed E-state index contributed by atoms with van der Waals surface area (Å²) in [7, 11) is 0. The van der Waals surface area contributed by atoms with Crippen molar-refractivity contribution >= 4 is 0 Å². The van der Waals surface area contributed by atoms with Crippen LogP contribution in [0.5, 0.6) is 0 Å². The van der Waals surface area contributed by atoms with E-state index in [4.69, 9.17) is 9.47 Å². The van der Waals surface area contributed by atoms with Crippen molar-refractivity contribution in [2.45, 2.75) is 19.1 Å². The minimum atomic E-state index is -0.607. The summed E-state index contributed by atoms with van der Waals surface area (Å²) in [5, 5.41) is 0. The Balaban J connectivity index is 2.02. The molecule has 1 spiro atoms. The van der Waals surface area contributed by atoms with Crippen LogP contribution in [0.4, 0.5) is 0 Å². The van der Waals surface area contributed by atoms with Gasteiger partial charge >= 0.3 is 0 Å². The van der Waals surface area contributed by atoms with Gasteiger partial charge in [-0.15, -0.1) is 0 Å². The average Bonchev–Trinajstić information content (AvgIpc) is 2.85. The Morgan fingerprint density at radius 2 is 2.40 bits per heavy atom. The van der Waals surface area contributed by atoms with Crippen molar-refractivity contribution < 1.29 is 9.47 Å². The molecule has 2 aliphatic rings. The van der Waals surface area contributed by atoms with Crippen molar-refractivity contribution in [3.8, 4) is 23.7 Å². The molecule has 2 nitrogen and oxygen atoms in total. The molecule has 0 aliphatic carbocycles. The Bertz CT molecular complexity index is 450. The van der Waals surface area contributed by atoms with E-state index in [1.54, 1.807) is 19.3 Å². The summed E-state index contributed by atoms with van der Waals surface area (Å²) >= 11 is 0. The monoisotopic (exact) mass is 198 g/mol. The van der Waals surface area contributed by atoms with Gasteiger partial charge in [0.15, 0.2) is 0 Å². The molecule has 0 bridgehead atoms. The molecule has 0 radical (unpaired) electrons. The number of hydrogen-bond donors (Lipinski definition) is 0. The Labute approximate surface area is 89.3 Å². The minimum absolute atomic E-state index is 0.607. The minimum Gasteiger partial charge on any atom is -0.457 e. The average molecular weight is 198 g/mol. The molecular formula is C13H10O2. The molecular weight excluding hydrogens is 188 g/mol. The summed E-state index contributed by atoms with van der Waals surface area (Å²) < 4.78 is 11.0. The van der Waals surface area contributed by atoms with Crippen LogP contribution in [0.3, 0.4) is 0 Å². The molecule has 0 aromatic rings. The zero-order valence-electron chi connectivity index (χ0n) is 8.41. The molecule has 0 fully saturated rings. The molecule has 2 rings (SSSR count). The lowest BCUT2D eigenvalue weighted by Gasteiger charge is -2.20. The lowest BCUT2D eigenvalue weighted by molar-refractivity contribution is -0.115. The first-order valence-electron chi connectivity index (χ1n) is 4.68. The second-order valence-electron chi connectivity index (χ2n) is 3.13. The molecule has 0 amide bonds. The molecule has 2 heterocycles. The summed E-state index contributed by atoms with van der Waals surface area (Å²) in [4.78, 5) is 0. The quantitative estimate of drug-likeness (QED) is 0.555. The van der Waals surface area contributed by atoms with Crippen molar-refractivity contribution in [3.05, 3.63) is 36.3 Å². The fraction of sp³-hybridized carbons (Fsp3) is 0.231. The zero-order valence-corrected chi connectivity index (χ0v) is 8.41. The Morgan fingerprint density at radius 1 is 1.47 bits per heavy atom. The normalized spacial score (nSPS) is 27.9. The van der Waals surface area contributed by atoms with Crippen LogP contribution in [-0.4, -0.2) is 5.79 Å². The molecule has 0 aromatic carbocycles. The molecule has 2 aliphatic heterocycles. The van der Waals surface area contributed by atoms with E-state index >= 15 is 0 Å². The van der Waals surface area contributed by atoms with Crippen LogP contribution in [0.2, 0.25) is 0 Å². The molecule has 0 unspecified atom stereocenters. The third-order valence-electron chi connectivity index (χ3n) is 2.03. The van der Waals surface area contributed by atoms with Gasteiger partial charge in [-0.25, -0.2) is 0 Å². The van der Waals surface area contributed by atoms with Crippen LogP contribution >= 0.6 is 0 Å². The maximum atomic E-state index is 5.60. The molecule has 15 heavy (non-hydrogen) atoms. The van der Waals surface area contributed by atoms with Gasteiger partial charge in [0.2, 0.25) is 0 Å². The molecule has 0 saturated heterocycles. The Hall–Kier alpha value is -2.06. The van der Waals surface area contributed by atoms with E-state index < -0.39 is 5.79 Å². The van der Waals surface area contributed by atoms with Crippen molar-refractivity contribution in [2.75, 3.05) is 0 Å². The lowest BCUT2D eigenvalue weighted by atomic mass is 10.2. The van der Waals surface area contributed by atoms with Gasteiger partial charge in [0.05, 0.1) is 12.7 Å². The SMILES string of the molecule is CC#CC#C/C=C1/C=C[C@@]2(CC=CO2)O1. The lowest BCUT2D eigenvalue weighted by Crippen LogP contribution is -2.24. The van der Waals surface area contributed by atoms with Crippen LogP contribution < -0.4 is 0 Å². The Kier molecular flexibility index (Phi) is 2.52. The van der Waals surface area contributed by atoms with Crippen LogP contribution in [0.15, 0.2) is 36.3 Å². The van der Waals surface area contributed by atoms with E-state index in [-0.39, 0.29) is 0 Å². The topological polar surface area (TPSA) is 18.5 Å². The largest absolute Gasteiger partial charge is 0.457 e. The molecule has 74 valence electrons. The molecule has 0 aromatic heterocycles. The number of rotatable bonds is 0. The smallest absolute Gasteiger partial charge is 0.274 e. The second-order valence-corrected chi connectivity index (χ2v) is 3.13. The van der Waals surface area contributed by atoms with Crippen LogP contribution in [0, 0.1) is 23.7 Å².